The Kier molecular flexibility index (Phi) is 2.75. The Morgan fingerprint density at radius 1 is 1.47 bits per heavy atom. The summed E-state index contributed by atoms with van der Waals surface area (Å²) in [4.78, 5) is 14.4. The van der Waals surface area contributed by atoms with Gasteiger partial charge >= 0.3 is 5.97 Å². The lowest BCUT2D eigenvalue weighted by molar-refractivity contribution is 0.0124. The zero-order chi connectivity index (χ0) is 11.8. The van der Waals surface area contributed by atoms with Gasteiger partial charge in [0.05, 0.1) is 11.3 Å². The van der Waals surface area contributed by atoms with Crippen molar-refractivity contribution in [3.63, 3.8) is 0 Å². The van der Waals surface area contributed by atoms with Crippen LogP contribution in [0, 0.1) is 13.8 Å². The summed E-state index contributed by atoms with van der Waals surface area (Å²) in [6.07, 6.45) is 0. The summed E-state index contributed by atoms with van der Waals surface area (Å²) in [7, 11) is 0. The van der Waals surface area contributed by atoms with Crippen molar-refractivity contribution in [3.05, 3.63) is 28.6 Å². The molecule has 3 nitrogen and oxygen atoms in total. The van der Waals surface area contributed by atoms with Crippen molar-refractivity contribution in [2.45, 2.75) is 26.7 Å². The fourth-order valence-corrected chi connectivity index (χ4v) is 1.38. The maximum absolute atomic E-state index is 12.9. The lowest BCUT2D eigenvalue weighted by Gasteiger charge is -2.13. The molecule has 0 atom stereocenters. The Labute approximate surface area is 85.8 Å². The van der Waals surface area contributed by atoms with E-state index in [0.29, 0.717) is 5.56 Å². The van der Waals surface area contributed by atoms with Crippen molar-refractivity contribution < 1.29 is 18.7 Å². The van der Waals surface area contributed by atoms with Crippen LogP contribution < -0.4 is 0 Å². The van der Waals surface area contributed by atoms with E-state index in [9.17, 15) is 13.6 Å². The van der Waals surface area contributed by atoms with Gasteiger partial charge in [0.25, 0.3) is 5.92 Å². The molecule has 1 aromatic rings. The lowest BCUT2D eigenvalue weighted by atomic mass is 10.1. The smallest absolute Gasteiger partial charge is 0.337 e. The molecule has 0 unspecified atom stereocenters. The van der Waals surface area contributed by atoms with Crippen molar-refractivity contribution in [2.75, 3.05) is 0 Å². The maximum atomic E-state index is 12.9. The number of carboxylic acid groups (broad SMARTS) is 1. The molecule has 1 rings (SSSR count). The van der Waals surface area contributed by atoms with Gasteiger partial charge in [-0.3, -0.25) is 4.98 Å². The van der Waals surface area contributed by atoms with Gasteiger partial charge < -0.3 is 5.11 Å². The Balaban J connectivity index is 3.39. The van der Waals surface area contributed by atoms with Gasteiger partial charge in [-0.05, 0) is 25.5 Å². The second-order valence-corrected chi connectivity index (χ2v) is 3.48. The molecule has 5 heteroatoms. The number of hydrogen-bond donors (Lipinski definition) is 1. The number of aromatic nitrogens is 1. The third-order valence-electron chi connectivity index (χ3n) is 2.06. The van der Waals surface area contributed by atoms with Crippen LogP contribution in [0.25, 0.3) is 0 Å². The monoisotopic (exact) mass is 215 g/mol. The largest absolute Gasteiger partial charge is 0.478 e. The topological polar surface area (TPSA) is 50.2 Å². The van der Waals surface area contributed by atoms with E-state index in [0.717, 1.165) is 13.0 Å². The summed E-state index contributed by atoms with van der Waals surface area (Å²) >= 11 is 0. The first-order valence-electron chi connectivity index (χ1n) is 4.33. The minimum atomic E-state index is -3.05. The Hall–Kier alpha value is -1.52. The first kappa shape index (κ1) is 11.6. The van der Waals surface area contributed by atoms with Crippen LogP contribution in [-0.2, 0) is 5.92 Å². The number of aryl methyl sites for hydroxylation is 2. The average molecular weight is 215 g/mol. The molecule has 0 amide bonds. The van der Waals surface area contributed by atoms with E-state index >= 15 is 0 Å². The highest BCUT2D eigenvalue weighted by atomic mass is 19.3. The molecule has 82 valence electrons. The van der Waals surface area contributed by atoms with Crippen molar-refractivity contribution in [2.24, 2.45) is 0 Å². The molecule has 0 saturated carbocycles. The summed E-state index contributed by atoms with van der Waals surface area (Å²) in [6, 6.07) is 1.11. The van der Waals surface area contributed by atoms with Crippen LogP contribution in [0.1, 0.15) is 34.2 Å². The molecule has 15 heavy (non-hydrogen) atoms. The molecule has 0 saturated heterocycles. The molecule has 0 aliphatic heterocycles. The summed E-state index contributed by atoms with van der Waals surface area (Å²) in [5, 5.41) is 8.81. The van der Waals surface area contributed by atoms with Gasteiger partial charge in [-0.1, -0.05) is 0 Å². The van der Waals surface area contributed by atoms with Crippen LogP contribution in [0.4, 0.5) is 8.78 Å². The van der Waals surface area contributed by atoms with Gasteiger partial charge in [-0.15, -0.1) is 0 Å². The van der Waals surface area contributed by atoms with E-state index in [-0.39, 0.29) is 11.3 Å². The lowest BCUT2D eigenvalue weighted by Crippen LogP contribution is -2.14. The predicted molar refractivity (Wildman–Crippen MR) is 50.2 cm³/mol. The van der Waals surface area contributed by atoms with E-state index in [2.05, 4.69) is 4.98 Å². The molecular formula is C10H11F2NO2. The number of hydrogen-bond acceptors (Lipinski definition) is 2. The summed E-state index contributed by atoms with van der Waals surface area (Å²) < 4.78 is 25.9. The van der Waals surface area contributed by atoms with Gasteiger partial charge in [0.15, 0.2) is 0 Å². The van der Waals surface area contributed by atoms with Crippen LogP contribution in [-0.4, -0.2) is 16.1 Å². The molecule has 0 aromatic carbocycles. The molecule has 0 fully saturated rings. The molecule has 0 spiro atoms. The standard InChI is InChI=1S/C10H11F2NO2/c1-5-4-7(10(3,11)12)13-6(2)8(5)9(14)15/h4H,1-3H3,(H,14,15). The van der Waals surface area contributed by atoms with Crippen LogP contribution >= 0.6 is 0 Å². The molecule has 0 bridgehead atoms. The van der Waals surface area contributed by atoms with E-state index in [1.165, 1.54) is 13.8 Å². The van der Waals surface area contributed by atoms with Crippen LogP contribution in [0.2, 0.25) is 0 Å². The Bertz CT molecular complexity index is 387. The highest BCUT2D eigenvalue weighted by molar-refractivity contribution is 5.90. The minimum absolute atomic E-state index is 0.0111. The number of alkyl halides is 2. The second kappa shape index (κ2) is 3.56. The van der Waals surface area contributed by atoms with Gasteiger partial charge in [0.1, 0.15) is 5.69 Å². The van der Waals surface area contributed by atoms with E-state index in [1.54, 1.807) is 0 Å². The SMILES string of the molecule is Cc1cc(C(C)(F)F)nc(C)c1C(=O)O. The van der Waals surface area contributed by atoms with Gasteiger partial charge in [0, 0.05) is 6.92 Å². The molecular weight excluding hydrogens is 204 g/mol. The first-order valence-corrected chi connectivity index (χ1v) is 4.33. The molecule has 1 N–H and O–H groups in total. The number of carboxylic acids is 1. The maximum Gasteiger partial charge on any atom is 0.337 e. The van der Waals surface area contributed by atoms with E-state index in [1.807, 2.05) is 0 Å². The molecule has 1 aromatic heterocycles. The van der Waals surface area contributed by atoms with Crippen molar-refractivity contribution in [1.82, 2.24) is 4.98 Å². The minimum Gasteiger partial charge on any atom is -0.478 e. The molecule has 1 heterocycles. The van der Waals surface area contributed by atoms with Crippen LogP contribution in [0.3, 0.4) is 0 Å². The van der Waals surface area contributed by atoms with Gasteiger partial charge in [-0.25, -0.2) is 4.79 Å². The fourth-order valence-electron chi connectivity index (χ4n) is 1.38. The Morgan fingerprint density at radius 3 is 2.33 bits per heavy atom. The number of pyridine rings is 1. The third kappa shape index (κ3) is 2.29. The van der Waals surface area contributed by atoms with Crippen molar-refractivity contribution in [1.29, 1.82) is 0 Å². The first-order chi connectivity index (χ1) is 6.73. The summed E-state index contributed by atoms with van der Waals surface area (Å²) in [5.41, 5.74) is -0.00366. The summed E-state index contributed by atoms with van der Waals surface area (Å²) in [5.74, 6) is -4.20. The van der Waals surface area contributed by atoms with E-state index in [4.69, 9.17) is 5.11 Å². The average Bonchev–Trinajstić information content (AvgIpc) is 1.99. The number of nitrogens with zero attached hydrogens (tertiary/aromatic N) is 1. The van der Waals surface area contributed by atoms with Crippen LogP contribution in [0.5, 0.6) is 0 Å². The quantitative estimate of drug-likeness (QED) is 0.824. The van der Waals surface area contributed by atoms with Gasteiger partial charge in [0.2, 0.25) is 0 Å². The third-order valence-corrected chi connectivity index (χ3v) is 2.06. The molecule has 0 aliphatic carbocycles. The summed E-state index contributed by atoms with van der Waals surface area (Å²) in [6.45, 7) is 3.62. The molecule has 0 aliphatic rings. The number of halogens is 2. The van der Waals surface area contributed by atoms with Crippen LogP contribution in [0.15, 0.2) is 6.07 Å². The van der Waals surface area contributed by atoms with Crippen molar-refractivity contribution >= 4 is 5.97 Å². The Morgan fingerprint density at radius 2 is 2.00 bits per heavy atom. The highest BCUT2D eigenvalue weighted by Gasteiger charge is 2.28. The number of aromatic carboxylic acids is 1. The normalized spacial score (nSPS) is 11.5. The highest BCUT2D eigenvalue weighted by Crippen LogP contribution is 2.27. The zero-order valence-corrected chi connectivity index (χ0v) is 8.64. The predicted octanol–water partition coefficient (Wildman–Crippen LogP) is 2.51. The van der Waals surface area contributed by atoms with Gasteiger partial charge in [-0.2, -0.15) is 8.78 Å². The fraction of sp³-hybridized carbons (Fsp3) is 0.400. The number of rotatable bonds is 2. The second-order valence-electron chi connectivity index (χ2n) is 3.48. The molecule has 0 radical (unpaired) electrons. The van der Waals surface area contributed by atoms with E-state index < -0.39 is 17.6 Å². The van der Waals surface area contributed by atoms with Crippen molar-refractivity contribution in [3.8, 4) is 0 Å². The zero-order valence-electron chi connectivity index (χ0n) is 8.64. The number of carbonyl (C=O) groups is 1.